The molecule has 0 unspecified atom stereocenters. The van der Waals surface area contributed by atoms with Crippen LogP contribution < -0.4 is 0 Å². The van der Waals surface area contributed by atoms with Crippen molar-refractivity contribution in [1.82, 2.24) is 0 Å². The number of hydrogen-bond donors (Lipinski definition) is 0. The van der Waals surface area contributed by atoms with Crippen molar-refractivity contribution in [2.75, 3.05) is 0 Å². The maximum absolute atomic E-state index is 6.91. The third-order valence-corrected chi connectivity index (χ3v) is 11.3. The summed E-state index contributed by atoms with van der Waals surface area (Å²) in [5, 5.41) is 20.0. The predicted octanol–water partition coefficient (Wildman–Crippen LogP) is 14.4. The molecule has 0 aliphatic carbocycles. The number of benzene rings is 11. The number of furan rings is 1. The molecule has 0 saturated carbocycles. The molecule has 12 aromatic rings. The minimum atomic E-state index is 0.907. The highest BCUT2D eigenvalue weighted by atomic mass is 16.3. The second-order valence-corrected chi connectivity index (χ2v) is 14.0. The van der Waals surface area contributed by atoms with E-state index in [1.54, 1.807) is 0 Å². The molecule has 0 saturated heterocycles. The Balaban J connectivity index is 1.18. The third kappa shape index (κ3) is 3.75. The number of rotatable bonds is 2. The lowest BCUT2D eigenvalue weighted by molar-refractivity contribution is 0.673. The lowest BCUT2D eigenvalue weighted by Gasteiger charge is -2.15. The summed E-state index contributed by atoms with van der Waals surface area (Å²) < 4.78 is 6.91. The monoisotopic (exact) mass is 644 g/mol. The molecule has 0 aliphatic rings. The summed E-state index contributed by atoms with van der Waals surface area (Å²) >= 11 is 0. The maximum atomic E-state index is 6.91. The number of fused-ring (bicyclic) bond motifs is 10. The molecule has 0 fully saturated rings. The van der Waals surface area contributed by atoms with Crippen LogP contribution in [-0.2, 0) is 0 Å². The molecule has 1 aromatic heterocycles. The van der Waals surface area contributed by atoms with Crippen molar-refractivity contribution in [2.24, 2.45) is 0 Å². The van der Waals surface area contributed by atoms with E-state index >= 15 is 0 Å². The van der Waals surface area contributed by atoms with Crippen LogP contribution in [0.4, 0.5) is 0 Å². The largest absolute Gasteiger partial charge is 0.455 e. The summed E-state index contributed by atoms with van der Waals surface area (Å²) in [4.78, 5) is 0. The molecule has 1 heterocycles. The molecular formula is C50H28O. The van der Waals surface area contributed by atoms with Crippen LogP contribution in [0.1, 0.15) is 0 Å². The van der Waals surface area contributed by atoms with E-state index in [2.05, 4.69) is 170 Å². The fourth-order valence-corrected chi connectivity index (χ4v) is 9.01. The second kappa shape index (κ2) is 9.94. The first kappa shape index (κ1) is 27.2. The molecule has 0 bridgehead atoms. The first-order chi connectivity index (χ1) is 25.3. The zero-order valence-electron chi connectivity index (χ0n) is 27.6. The van der Waals surface area contributed by atoms with Gasteiger partial charge < -0.3 is 4.42 Å². The van der Waals surface area contributed by atoms with Crippen LogP contribution in [0.5, 0.6) is 0 Å². The van der Waals surface area contributed by atoms with E-state index in [4.69, 9.17) is 4.42 Å². The van der Waals surface area contributed by atoms with Crippen LogP contribution in [0.25, 0.3) is 120 Å². The Morgan fingerprint density at radius 2 is 0.843 bits per heavy atom. The van der Waals surface area contributed by atoms with E-state index in [1.165, 1.54) is 86.7 Å². The van der Waals surface area contributed by atoms with Gasteiger partial charge in [0.05, 0.1) is 0 Å². The molecule has 12 rings (SSSR count). The molecule has 51 heavy (non-hydrogen) atoms. The van der Waals surface area contributed by atoms with Gasteiger partial charge in [0.15, 0.2) is 0 Å². The van der Waals surface area contributed by atoms with Crippen LogP contribution in [0.2, 0.25) is 0 Å². The predicted molar refractivity (Wildman–Crippen MR) is 218 cm³/mol. The molecule has 0 spiro atoms. The molecule has 1 nitrogen and oxygen atoms in total. The van der Waals surface area contributed by atoms with Gasteiger partial charge in [-0.2, -0.15) is 0 Å². The highest BCUT2D eigenvalue weighted by Gasteiger charge is 2.19. The Labute approximate surface area is 292 Å². The summed E-state index contributed by atoms with van der Waals surface area (Å²) in [6.45, 7) is 0. The lowest BCUT2D eigenvalue weighted by Crippen LogP contribution is -1.89. The van der Waals surface area contributed by atoms with Crippen LogP contribution in [0, 0.1) is 0 Å². The molecule has 0 aliphatic heterocycles. The molecule has 0 atom stereocenters. The van der Waals surface area contributed by atoms with Crippen molar-refractivity contribution in [2.45, 2.75) is 0 Å². The molecule has 234 valence electrons. The Morgan fingerprint density at radius 3 is 1.69 bits per heavy atom. The van der Waals surface area contributed by atoms with Crippen LogP contribution in [-0.4, -0.2) is 0 Å². The lowest BCUT2D eigenvalue weighted by atomic mass is 9.88. The van der Waals surface area contributed by atoms with E-state index in [-0.39, 0.29) is 0 Å². The fraction of sp³-hybridized carbons (Fsp3) is 0. The fourth-order valence-electron chi connectivity index (χ4n) is 9.01. The molecule has 0 N–H and O–H groups in total. The van der Waals surface area contributed by atoms with Crippen LogP contribution >= 0.6 is 0 Å². The zero-order valence-corrected chi connectivity index (χ0v) is 27.6. The van der Waals surface area contributed by atoms with E-state index in [9.17, 15) is 0 Å². The van der Waals surface area contributed by atoms with Crippen molar-refractivity contribution < 1.29 is 4.42 Å². The Bertz CT molecular complexity index is 3400. The normalized spacial score (nSPS) is 12.3. The second-order valence-electron chi connectivity index (χ2n) is 14.0. The SMILES string of the molecule is c1ccc2c(c1)ccc1c2oc2cc(-c3ccc4ccc5cccc6ccc3c4c56)cc(-c3ccc4c(ccc5ccc6ccccc6c54)c3)c21. The smallest absolute Gasteiger partial charge is 0.143 e. The highest BCUT2D eigenvalue weighted by molar-refractivity contribution is 6.27. The third-order valence-electron chi connectivity index (χ3n) is 11.3. The quantitative estimate of drug-likeness (QED) is 0.171. The van der Waals surface area contributed by atoms with Gasteiger partial charge in [0, 0.05) is 16.2 Å². The standard InChI is InChI=1S/C50H28O/c1-3-10-39-29(6-1)12-13-33-16-17-35-26-36(21-23-40(35)47(33)39)44-27-37(28-45-49(44)43-25-18-30-7-2-4-11-41(30)50(43)51-45)38-22-19-34-15-14-31-8-5-9-32-20-24-42(38)48(34)46(31)32/h1-28H. The summed E-state index contributed by atoms with van der Waals surface area (Å²) in [5.41, 5.74) is 6.58. The van der Waals surface area contributed by atoms with Gasteiger partial charge in [-0.1, -0.05) is 146 Å². The van der Waals surface area contributed by atoms with Crippen molar-refractivity contribution >= 4 is 97.3 Å². The van der Waals surface area contributed by atoms with Gasteiger partial charge in [-0.25, -0.2) is 0 Å². The van der Waals surface area contributed by atoms with E-state index in [0.29, 0.717) is 0 Å². The summed E-state index contributed by atoms with van der Waals surface area (Å²) in [5.74, 6) is 0. The molecular weight excluding hydrogens is 617 g/mol. The van der Waals surface area contributed by atoms with Gasteiger partial charge in [0.25, 0.3) is 0 Å². The van der Waals surface area contributed by atoms with Gasteiger partial charge in [0.1, 0.15) is 11.2 Å². The maximum Gasteiger partial charge on any atom is 0.143 e. The van der Waals surface area contributed by atoms with Crippen LogP contribution in [0.15, 0.2) is 174 Å². The van der Waals surface area contributed by atoms with Gasteiger partial charge in [-0.15, -0.1) is 0 Å². The Kier molecular flexibility index (Phi) is 5.29. The van der Waals surface area contributed by atoms with E-state index in [1.807, 2.05) is 0 Å². The minimum absolute atomic E-state index is 0.907. The van der Waals surface area contributed by atoms with Crippen molar-refractivity contribution in [3.63, 3.8) is 0 Å². The average Bonchev–Trinajstić information content (AvgIpc) is 3.58. The Morgan fingerprint density at radius 1 is 0.275 bits per heavy atom. The first-order valence-corrected chi connectivity index (χ1v) is 17.7. The first-order valence-electron chi connectivity index (χ1n) is 17.7. The van der Waals surface area contributed by atoms with E-state index in [0.717, 1.165) is 32.9 Å². The molecule has 0 amide bonds. The van der Waals surface area contributed by atoms with Crippen molar-refractivity contribution in [3.05, 3.63) is 170 Å². The van der Waals surface area contributed by atoms with Gasteiger partial charge in [-0.05, 0) is 117 Å². The van der Waals surface area contributed by atoms with Crippen molar-refractivity contribution in [3.8, 4) is 22.3 Å². The van der Waals surface area contributed by atoms with Gasteiger partial charge in [0.2, 0.25) is 0 Å². The topological polar surface area (TPSA) is 13.1 Å². The molecule has 0 radical (unpaired) electrons. The Hall–Kier alpha value is -6.70. The highest BCUT2D eigenvalue weighted by Crippen LogP contribution is 2.46. The summed E-state index contributed by atoms with van der Waals surface area (Å²) in [6.07, 6.45) is 0. The summed E-state index contributed by atoms with van der Waals surface area (Å²) in [6, 6.07) is 62.7. The molecule has 1 heteroatoms. The van der Waals surface area contributed by atoms with Crippen molar-refractivity contribution in [1.29, 1.82) is 0 Å². The zero-order chi connectivity index (χ0) is 33.2. The summed E-state index contributed by atoms with van der Waals surface area (Å²) in [7, 11) is 0. The van der Waals surface area contributed by atoms with E-state index < -0.39 is 0 Å². The molecule has 11 aromatic carbocycles. The van der Waals surface area contributed by atoms with Crippen LogP contribution in [0.3, 0.4) is 0 Å². The van der Waals surface area contributed by atoms with Gasteiger partial charge in [-0.3, -0.25) is 0 Å². The number of hydrogen-bond acceptors (Lipinski definition) is 1. The average molecular weight is 645 g/mol. The minimum Gasteiger partial charge on any atom is -0.455 e. The van der Waals surface area contributed by atoms with Gasteiger partial charge >= 0.3 is 0 Å².